The molecule has 2 rings (SSSR count). The Bertz CT molecular complexity index is 469. The third-order valence-corrected chi connectivity index (χ3v) is 5.80. The molecule has 0 amide bonds. The molecule has 0 aromatic heterocycles. The normalized spacial score (nSPS) is 43.0. The Morgan fingerprint density at radius 3 is 2.45 bits per heavy atom. The van der Waals surface area contributed by atoms with E-state index in [-0.39, 0.29) is 30.7 Å². The van der Waals surface area contributed by atoms with Gasteiger partial charge in [-0.1, -0.05) is 26.8 Å². The first-order chi connectivity index (χ1) is 10.4. The average molecular weight is 307 g/mol. The predicted octanol–water partition coefficient (Wildman–Crippen LogP) is 2.78. The molecular formula is C18H29NO3. The maximum absolute atomic E-state index is 9.93. The van der Waals surface area contributed by atoms with Gasteiger partial charge in [-0.3, -0.25) is 0 Å². The van der Waals surface area contributed by atoms with Crippen LogP contribution in [0.4, 0.5) is 0 Å². The number of methoxy groups -OCH3 is 2. The van der Waals surface area contributed by atoms with Gasteiger partial charge >= 0.3 is 0 Å². The molecule has 7 atom stereocenters. The molecule has 4 nitrogen and oxygen atoms in total. The van der Waals surface area contributed by atoms with E-state index in [4.69, 9.17) is 9.47 Å². The highest BCUT2D eigenvalue weighted by molar-refractivity contribution is 5.35. The number of hydrogen-bond donors (Lipinski definition) is 1. The molecule has 0 radical (unpaired) electrons. The van der Waals surface area contributed by atoms with Crippen LogP contribution in [0.3, 0.4) is 0 Å². The van der Waals surface area contributed by atoms with Gasteiger partial charge in [0.2, 0.25) is 0 Å². The molecule has 1 saturated carbocycles. The van der Waals surface area contributed by atoms with Crippen molar-refractivity contribution in [1.82, 2.24) is 0 Å². The summed E-state index contributed by atoms with van der Waals surface area (Å²) in [5.41, 5.74) is 0.631. The summed E-state index contributed by atoms with van der Waals surface area (Å²) < 4.78 is 11.4. The molecule has 0 aromatic rings. The molecule has 124 valence electrons. The Morgan fingerprint density at radius 2 is 1.95 bits per heavy atom. The van der Waals surface area contributed by atoms with E-state index in [0.29, 0.717) is 11.8 Å². The van der Waals surface area contributed by atoms with E-state index in [0.717, 1.165) is 18.4 Å². The fourth-order valence-corrected chi connectivity index (χ4v) is 4.77. The first-order valence-corrected chi connectivity index (χ1v) is 8.24. The number of fused-ring (bicyclic) bond motifs is 1. The number of aliphatic hydroxyl groups is 1. The van der Waals surface area contributed by atoms with Gasteiger partial charge < -0.3 is 14.6 Å². The number of aliphatic hydroxyl groups excluding tert-OH is 1. The summed E-state index contributed by atoms with van der Waals surface area (Å²) in [7, 11) is 3.43. The van der Waals surface area contributed by atoms with Crippen molar-refractivity contribution < 1.29 is 14.6 Å². The van der Waals surface area contributed by atoms with Gasteiger partial charge in [0, 0.05) is 20.8 Å². The van der Waals surface area contributed by atoms with Crippen molar-refractivity contribution in [1.29, 1.82) is 5.26 Å². The average Bonchev–Trinajstić information content (AvgIpc) is 2.52. The van der Waals surface area contributed by atoms with Crippen molar-refractivity contribution in [3.05, 3.63) is 11.6 Å². The van der Waals surface area contributed by atoms with Crippen LogP contribution < -0.4 is 0 Å². The fraction of sp³-hybridized carbons (Fsp3) is 0.833. The van der Waals surface area contributed by atoms with Crippen molar-refractivity contribution in [2.45, 2.75) is 45.8 Å². The van der Waals surface area contributed by atoms with Gasteiger partial charge in [-0.2, -0.15) is 5.26 Å². The minimum atomic E-state index is -0.444. The number of hydrogen-bond acceptors (Lipinski definition) is 4. The molecule has 0 unspecified atom stereocenters. The van der Waals surface area contributed by atoms with Crippen LogP contribution in [0.1, 0.15) is 33.6 Å². The molecule has 1 N–H and O–H groups in total. The third-order valence-electron chi connectivity index (χ3n) is 5.80. The maximum Gasteiger partial charge on any atom is 0.0831 e. The van der Waals surface area contributed by atoms with E-state index >= 15 is 0 Å². The van der Waals surface area contributed by atoms with Crippen molar-refractivity contribution in [3.63, 3.8) is 0 Å². The van der Waals surface area contributed by atoms with Gasteiger partial charge in [-0.15, -0.1) is 0 Å². The molecule has 0 spiro atoms. The third kappa shape index (κ3) is 2.71. The van der Waals surface area contributed by atoms with Crippen LogP contribution in [0.5, 0.6) is 0 Å². The lowest BCUT2D eigenvalue weighted by molar-refractivity contribution is -0.0417. The van der Waals surface area contributed by atoms with Crippen LogP contribution in [0.2, 0.25) is 0 Å². The molecule has 22 heavy (non-hydrogen) atoms. The number of ether oxygens (including phenoxy) is 2. The summed E-state index contributed by atoms with van der Waals surface area (Å²) in [4.78, 5) is 0. The van der Waals surface area contributed by atoms with Crippen LogP contribution in [-0.4, -0.2) is 38.1 Å². The van der Waals surface area contributed by atoms with Crippen LogP contribution >= 0.6 is 0 Å². The fourth-order valence-electron chi connectivity index (χ4n) is 4.77. The second kappa shape index (κ2) is 6.70. The predicted molar refractivity (Wildman–Crippen MR) is 85.0 cm³/mol. The number of rotatable bonds is 4. The number of nitrogens with zero attached hydrogens (tertiary/aromatic N) is 1. The SMILES string of the molecule is CO[C@@H]1C=C2[C@H](OC)[C@H]([C@H](C)CO)[C@@H](C)C[C@]2(C#N)C[C@H]1C. The van der Waals surface area contributed by atoms with Crippen LogP contribution in [0, 0.1) is 40.4 Å². The summed E-state index contributed by atoms with van der Waals surface area (Å²) >= 11 is 0. The zero-order valence-corrected chi connectivity index (χ0v) is 14.4. The van der Waals surface area contributed by atoms with Crippen LogP contribution in [0.15, 0.2) is 11.6 Å². The summed E-state index contributed by atoms with van der Waals surface area (Å²) in [6.07, 6.45) is 3.70. The molecule has 0 heterocycles. The van der Waals surface area contributed by atoms with E-state index in [1.54, 1.807) is 14.2 Å². The largest absolute Gasteiger partial charge is 0.396 e. The highest BCUT2D eigenvalue weighted by Crippen LogP contribution is 2.54. The lowest BCUT2D eigenvalue weighted by Crippen LogP contribution is -2.50. The monoisotopic (exact) mass is 307 g/mol. The first-order valence-electron chi connectivity index (χ1n) is 8.24. The maximum atomic E-state index is 9.93. The standard InChI is InChI=1S/C18H29NO3/c1-11-7-18(10-19)8-12(2)16(13(3)9-20)17(22-5)14(18)6-15(11)21-4/h6,11-13,15-17,20H,7-9H2,1-5H3/t11-,12+,13-,15-,16+,17+,18+/m1/s1. The quantitative estimate of drug-likeness (QED) is 0.811. The van der Waals surface area contributed by atoms with Gasteiger partial charge in [-0.25, -0.2) is 0 Å². The number of nitriles is 1. The van der Waals surface area contributed by atoms with E-state index in [2.05, 4.69) is 32.9 Å². The second-order valence-corrected chi connectivity index (χ2v) is 7.27. The summed E-state index contributed by atoms with van der Waals surface area (Å²) in [5, 5.41) is 19.5. The van der Waals surface area contributed by atoms with Crippen molar-refractivity contribution in [2.75, 3.05) is 20.8 Å². The summed E-state index contributed by atoms with van der Waals surface area (Å²) in [6, 6.07) is 2.60. The Balaban J connectivity index is 2.49. The molecule has 0 bridgehead atoms. The second-order valence-electron chi connectivity index (χ2n) is 7.27. The molecule has 0 saturated heterocycles. The van der Waals surface area contributed by atoms with Crippen molar-refractivity contribution >= 4 is 0 Å². The minimum Gasteiger partial charge on any atom is -0.396 e. The Morgan fingerprint density at radius 1 is 1.32 bits per heavy atom. The minimum absolute atomic E-state index is 0.0348. The first kappa shape index (κ1) is 17.5. The van der Waals surface area contributed by atoms with Crippen molar-refractivity contribution in [3.8, 4) is 6.07 Å². The molecule has 1 fully saturated rings. The summed E-state index contributed by atoms with van der Waals surface area (Å²) in [5.74, 6) is 1.05. The van der Waals surface area contributed by atoms with Gasteiger partial charge in [0.05, 0.1) is 23.7 Å². The molecular weight excluding hydrogens is 278 g/mol. The van der Waals surface area contributed by atoms with Crippen LogP contribution in [0.25, 0.3) is 0 Å². The molecule has 4 heteroatoms. The Labute approximate surface area is 134 Å². The molecule has 2 aliphatic carbocycles. The van der Waals surface area contributed by atoms with Crippen molar-refractivity contribution in [2.24, 2.45) is 29.1 Å². The van der Waals surface area contributed by atoms with Gasteiger partial charge in [-0.05, 0) is 42.1 Å². The molecule has 0 aromatic carbocycles. The lowest BCUT2D eigenvalue weighted by atomic mass is 9.55. The lowest BCUT2D eigenvalue weighted by Gasteiger charge is -2.51. The van der Waals surface area contributed by atoms with Gasteiger partial charge in [0.15, 0.2) is 0 Å². The smallest absolute Gasteiger partial charge is 0.0831 e. The highest BCUT2D eigenvalue weighted by atomic mass is 16.5. The zero-order valence-electron chi connectivity index (χ0n) is 14.4. The van der Waals surface area contributed by atoms with E-state index in [1.807, 2.05) is 0 Å². The Hall–Kier alpha value is -0.890. The van der Waals surface area contributed by atoms with E-state index < -0.39 is 5.41 Å². The van der Waals surface area contributed by atoms with Crippen LogP contribution in [-0.2, 0) is 9.47 Å². The van der Waals surface area contributed by atoms with E-state index in [9.17, 15) is 10.4 Å². The zero-order chi connectivity index (χ0) is 16.5. The summed E-state index contributed by atoms with van der Waals surface area (Å²) in [6.45, 7) is 6.54. The van der Waals surface area contributed by atoms with Gasteiger partial charge in [0.1, 0.15) is 0 Å². The molecule has 2 aliphatic rings. The Kier molecular flexibility index (Phi) is 5.32. The van der Waals surface area contributed by atoms with Gasteiger partial charge in [0.25, 0.3) is 0 Å². The molecule has 0 aliphatic heterocycles. The topological polar surface area (TPSA) is 62.5 Å². The van der Waals surface area contributed by atoms with E-state index in [1.165, 1.54) is 0 Å². The highest BCUT2D eigenvalue weighted by Gasteiger charge is 2.53.